The number of furan rings is 1. The molecule has 3 fully saturated rings. The first kappa shape index (κ1) is 17.5. The van der Waals surface area contributed by atoms with Crippen LogP contribution < -0.4 is 5.32 Å². The zero-order chi connectivity index (χ0) is 18.1. The van der Waals surface area contributed by atoms with Gasteiger partial charge in [-0.2, -0.15) is 0 Å². The van der Waals surface area contributed by atoms with Crippen LogP contribution in [-0.2, 0) is 20.9 Å². The zero-order valence-electron chi connectivity index (χ0n) is 15.3. The van der Waals surface area contributed by atoms with Gasteiger partial charge in [-0.25, -0.2) is 0 Å². The summed E-state index contributed by atoms with van der Waals surface area (Å²) in [5.74, 6) is 1.18. The maximum absolute atomic E-state index is 12.6. The summed E-state index contributed by atoms with van der Waals surface area (Å²) in [4.78, 5) is 29.0. The minimum absolute atomic E-state index is 0.108. The molecule has 1 N–H and O–H groups in total. The molecule has 0 aromatic carbocycles. The number of nitrogens with zero attached hydrogens (tertiary/aromatic N) is 2. The standard InChI is InChI=1S/C19H27N3O4/c1-21-12-16(17(23)20-11-15-3-2-10-25-15)26-19(13-21)6-8-22(9-7-19)18(24)14-4-5-14/h2-3,10,14,16H,4-9,11-13H2,1H3,(H,20,23)/t16-/m0/s1. The Morgan fingerprint density at radius 3 is 2.73 bits per heavy atom. The highest BCUT2D eigenvalue weighted by atomic mass is 16.5. The molecule has 3 heterocycles. The molecular formula is C19H27N3O4. The smallest absolute Gasteiger partial charge is 0.250 e. The summed E-state index contributed by atoms with van der Waals surface area (Å²) in [7, 11) is 2.03. The van der Waals surface area contributed by atoms with Crippen LogP contribution >= 0.6 is 0 Å². The van der Waals surface area contributed by atoms with Gasteiger partial charge in [-0.05, 0) is 44.9 Å². The fourth-order valence-corrected chi connectivity index (χ4v) is 4.05. The molecule has 1 aromatic rings. The number of hydrogen-bond donors (Lipinski definition) is 1. The largest absolute Gasteiger partial charge is 0.467 e. The highest BCUT2D eigenvalue weighted by Gasteiger charge is 2.45. The first-order chi connectivity index (χ1) is 12.5. The van der Waals surface area contributed by atoms with E-state index in [2.05, 4.69) is 10.2 Å². The van der Waals surface area contributed by atoms with Gasteiger partial charge in [0, 0.05) is 32.1 Å². The predicted molar refractivity (Wildman–Crippen MR) is 94.2 cm³/mol. The summed E-state index contributed by atoms with van der Waals surface area (Å²) >= 11 is 0. The number of ether oxygens (including phenoxy) is 1. The van der Waals surface area contributed by atoms with Crippen molar-refractivity contribution in [2.45, 2.75) is 43.9 Å². The monoisotopic (exact) mass is 361 g/mol. The molecule has 1 atom stereocenters. The molecule has 7 heteroatoms. The first-order valence-corrected chi connectivity index (χ1v) is 9.50. The molecule has 1 aliphatic carbocycles. The molecule has 1 aromatic heterocycles. The van der Waals surface area contributed by atoms with Gasteiger partial charge in [0.1, 0.15) is 11.9 Å². The highest BCUT2D eigenvalue weighted by molar-refractivity contribution is 5.81. The molecule has 3 aliphatic rings. The second-order valence-corrected chi connectivity index (χ2v) is 7.88. The molecule has 0 unspecified atom stereocenters. The Bertz CT molecular complexity index is 648. The quantitative estimate of drug-likeness (QED) is 0.866. The maximum Gasteiger partial charge on any atom is 0.250 e. The Morgan fingerprint density at radius 2 is 2.08 bits per heavy atom. The van der Waals surface area contributed by atoms with Gasteiger partial charge in [-0.1, -0.05) is 0 Å². The van der Waals surface area contributed by atoms with E-state index in [4.69, 9.17) is 9.15 Å². The van der Waals surface area contributed by atoms with E-state index in [1.54, 1.807) is 12.3 Å². The van der Waals surface area contributed by atoms with Crippen molar-refractivity contribution in [2.24, 2.45) is 5.92 Å². The molecule has 142 valence electrons. The van der Waals surface area contributed by atoms with Crippen LogP contribution in [-0.4, -0.2) is 66.5 Å². The molecule has 1 saturated carbocycles. The lowest BCUT2D eigenvalue weighted by Gasteiger charge is -2.48. The topological polar surface area (TPSA) is 75.0 Å². The van der Waals surface area contributed by atoms with E-state index in [9.17, 15) is 9.59 Å². The molecule has 2 amide bonds. The third kappa shape index (κ3) is 3.78. The number of carbonyl (C=O) groups is 2. The maximum atomic E-state index is 12.6. The van der Waals surface area contributed by atoms with Gasteiger partial charge in [-0.15, -0.1) is 0 Å². The van der Waals surface area contributed by atoms with Gasteiger partial charge in [0.25, 0.3) is 5.91 Å². The van der Waals surface area contributed by atoms with Crippen molar-refractivity contribution in [3.05, 3.63) is 24.2 Å². The third-order valence-corrected chi connectivity index (χ3v) is 5.65. The number of piperidine rings is 1. The van der Waals surface area contributed by atoms with Crippen molar-refractivity contribution in [3.63, 3.8) is 0 Å². The molecule has 4 rings (SSSR count). The van der Waals surface area contributed by atoms with E-state index in [0.717, 1.165) is 51.1 Å². The fourth-order valence-electron chi connectivity index (χ4n) is 4.05. The van der Waals surface area contributed by atoms with Crippen LogP contribution in [0.1, 0.15) is 31.4 Å². The van der Waals surface area contributed by atoms with Crippen molar-refractivity contribution >= 4 is 11.8 Å². The Morgan fingerprint density at radius 1 is 1.31 bits per heavy atom. The van der Waals surface area contributed by atoms with Crippen LogP contribution in [0.25, 0.3) is 0 Å². The van der Waals surface area contributed by atoms with Gasteiger partial charge in [-0.3, -0.25) is 9.59 Å². The number of likely N-dealkylation sites (tertiary alicyclic amines) is 1. The van der Waals surface area contributed by atoms with Crippen LogP contribution in [0.3, 0.4) is 0 Å². The summed E-state index contributed by atoms with van der Waals surface area (Å²) in [6.07, 6.45) is 4.76. The molecule has 1 spiro atoms. The molecule has 7 nitrogen and oxygen atoms in total. The third-order valence-electron chi connectivity index (χ3n) is 5.65. The number of hydrogen-bond acceptors (Lipinski definition) is 5. The SMILES string of the molecule is CN1C[C@@H](C(=O)NCc2ccco2)OC2(CCN(C(=O)C3CC3)CC2)C1. The van der Waals surface area contributed by atoms with E-state index >= 15 is 0 Å². The van der Waals surface area contributed by atoms with Gasteiger partial charge in [0.2, 0.25) is 5.91 Å². The lowest BCUT2D eigenvalue weighted by atomic mass is 9.88. The van der Waals surface area contributed by atoms with Crippen LogP contribution in [0.15, 0.2) is 22.8 Å². The van der Waals surface area contributed by atoms with Crippen molar-refractivity contribution < 1.29 is 18.7 Å². The molecule has 0 bridgehead atoms. The summed E-state index contributed by atoms with van der Waals surface area (Å²) < 4.78 is 11.6. The van der Waals surface area contributed by atoms with E-state index in [1.165, 1.54) is 0 Å². The first-order valence-electron chi connectivity index (χ1n) is 9.50. The molecule has 2 saturated heterocycles. The number of carbonyl (C=O) groups excluding carboxylic acids is 2. The van der Waals surface area contributed by atoms with Gasteiger partial charge in [0.15, 0.2) is 0 Å². The Hall–Kier alpha value is -1.86. The molecule has 2 aliphatic heterocycles. The lowest BCUT2D eigenvalue weighted by Crippen LogP contribution is -2.61. The van der Waals surface area contributed by atoms with Crippen LogP contribution in [0.4, 0.5) is 0 Å². The average Bonchev–Trinajstić information content (AvgIpc) is 3.35. The zero-order valence-corrected chi connectivity index (χ0v) is 15.3. The lowest BCUT2D eigenvalue weighted by molar-refractivity contribution is -0.183. The summed E-state index contributed by atoms with van der Waals surface area (Å²) in [6, 6.07) is 3.64. The van der Waals surface area contributed by atoms with E-state index < -0.39 is 6.10 Å². The highest BCUT2D eigenvalue weighted by Crippen LogP contribution is 2.36. The Labute approximate surface area is 153 Å². The van der Waals surface area contributed by atoms with Gasteiger partial charge in [0.05, 0.1) is 18.4 Å². The van der Waals surface area contributed by atoms with Crippen molar-refractivity contribution in [2.75, 3.05) is 33.2 Å². The van der Waals surface area contributed by atoms with E-state index in [1.807, 2.05) is 18.0 Å². The van der Waals surface area contributed by atoms with E-state index in [-0.39, 0.29) is 17.4 Å². The predicted octanol–water partition coefficient (Wildman–Crippen LogP) is 0.998. The second-order valence-electron chi connectivity index (χ2n) is 7.88. The summed E-state index contributed by atoms with van der Waals surface area (Å²) in [6.45, 7) is 3.21. The fraction of sp³-hybridized carbons (Fsp3) is 0.684. The van der Waals surface area contributed by atoms with Crippen LogP contribution in [0.2, 0.25) is 0 Å². The van der Waals surface area contributed by atoms with Gasteiger partial charge < -0.3 is 24.3 Å². The number of amides is 2. The van der Waals surface area contributed by atoms with Crippen molar-refractivity contribution in [3.8, 4) is 0 Å². The number of morpholine rings is 1. The molecule has 26 heavy (non-hydrogen) atoms. The van der Waals surface area contributed by atoms with E-state index in [0.29, 0.717) is 19.0 Å². The minimum Gasteiger partial charge on any atom is -0.467 e. The van der Waals surface area contributed by atoms with Crippen LogP contribution in [0, 0.1) is 5.92 Å². The number of rotatable bonds is 4. The number of nitrogens with one attached hydrogen (secondary N) is 1. The Balaban J connectivity index is 1.34. The van der Waals surface area contributed by atoms with Crippen molar-refractivity contribution in [1.29, 1.82) is 0 Å². The summed E-state index contributed by atoms with van der Waals surface area (Å²) in [5.41, 5.74) is -0.333. The normalized spacial score (nSPS) is 26.0. The Kier molecular flexibility index (Phi) is 4.75. The summed E-state index contributed by atoms with van der Waals surface area (Å²) in [5, 5.41) is 2.90. The number of likely N-dealkylation sites (N-methyl/N-ethyl adjacent to an activating group) is 1. The van der Waals surface area contributed by atoms with Crippen molar-refractivity contribution in [1.82, 2.24) is 15.1 Å². The van der Waals surface area contributed by atoms with Gasteiger partial charge >= 0.3 is 0 Å². The second kappa shape index (κ2) is 7.04. The molecular weight excluding hydrogens is 334 g/mol. The minimum atomic E-state index is -0.491. The average molecular weight is 361 g/mol. The molecule has 0 radical (unpaired) electrons. The van der Waals surface area contributed by atoms with Crippen LogP contribution in [0.5, 0.6) is 0 Å².